The van der Waals surface area contributed by atoms with Gasteiger partial charge in [0, 0.05) is 6.42 Å². The highest BCUT2D eigenvalue weighted by Crippen LogP contribution is 2.08. The molecule has 4 heteroatoms. The highest BCUT2D eigenvalue weighted by atomic mass is 16.5. The van der Waals surface area contributed by atoms with Gasteiger partial charge in [0.25, 0.3) is 11.8 Å². The fraction of sp³-hybridized carbons (Fsp3) is 0.273. The summed E-state index contributed by atoms with van der Waals surface area (Å²) in [5, 5.41) is 2.25. The number of ether oxygens (including phenoxy) is 1. The number of benzene rings is 1. The SMILES string of the molecule is O=C1COC(Cc2ccccc2)C(=O)N1. The molecule has 1 atom stereocenters. The molecular formula is C11H11NO3. The van der Waals surface area contributed by atoms with Crippen molar-refractivity contribution in [2.75, 3.05) is 6.61 Å². The van der Waals surface area contributed by atoms with Gasteiger partial charge in [-0.25, -0.2) is 0 Å². The Balaban J connectivity index is 2.01. The summed E-state index contributed by atoms with van der Waals surface area (Å²) in [5.74, 6) is -0.723. The maximum atomic E-state index is 11.4. The van der Waals surface area contributed by atoms with E-state index < -0.39 is 6.10 Å². The number of amides is 2. The standard InChI is InChI=1S/C11H11NO3/c13-10-7-15-9(11(14)12-10)6-8-4-2-1-3-5-8/h1-5,9H,6-7H2,(H,12,13,14). The zero-order valence-electron chi connectivity index (χ0n) is 8.10. The average molecular weight is 205 g/mol. The molecule has 15 heavy (non-hydrogen) atoms. The van der Waals surface area contributed by atoms with Crippen LogP contribution in [0.25, 0.3) is 0 Å². The third-order valence-corrected chi connectivity index (χ3v) is 2.23. The Morgan fingerprint density at radius 1 is 1.27 bits per heavy atom. The Bertz CT molecular complexity index is 375. The monoisotopic (exact) mass is 205 g/mol. The largest absolute Gasteiger partial charge is 0.358 e. The summed E-state index contributed by atoms with van der Waals surface area (Å²) in [4.78, 5) is 22.2. The lowest BCUT2D eigenvalue weighted by Gasteiger charge is -2.21. The molecule has 0 aromatic heterocycles. The molecule has 1 aromatic carbocycles. The first kappa shape index (κ1) is 9.86. The van der Waals surface area contributed by atoms with E-state index in [1.54, 1.807) is 0 Å². The van der Waals surface area contributed by atoms with Crippen molar-refractivity contribution in [3.63, 3.8) is 0 Å². The summed E-state index contributed by atoms with van der Waals surface area (Å²) in [5.41, 5.74) is 1.02. The van der Waals surface area contributed by atoms with Gasteiger partial charge in [-0.1, -0.05) is 30.3 Å². The smallest absolute Gasteiger partial charge is 0.256 e. The van der Waals surface area contributed by atoms with Gasteiger partial charge in [0.15, 0.2) is 0 Å². The van der Waals surface area contributed by atoms with Crippen LogP contribution < -0.4 is 5.32 Å². The number of hydrogen-bond acceptors (Lipinski definition) is 3. The summed E-state index contributed by atoms with van der Waals surface area (Å²) < 4.78 is 5.14. The van der Waals surface area contributed by atoms with Gasteiger partial charge in [-0.2, -0.15) is 0 Å². The Morgan fingerprint density at radius 2 is 2.00 bits per heavy atom. The molecule has 0 spiro atoms. The van der Waals surface area contributed by atoms with Crippen LogP contribution in [0.15, 0.2) is 30.3 Å². The van der Waals surface area contributed by atoms with Crippen molar-refractivity contribution < 1.29 is 14.3 Å². The highest BCUT2D eigenvalue weighted by molar-refractivity contribution is 5.99. The van der Waals surface area contributed by atoms with Crippen molar-refractivity contribution in [3.05, 3.63) is 35.9 Å². The summed E-state index contributed by atoms with van der Waals surface area (Å²) in [7, 11) is 0. The zero-order valence-corrected chi connectivity index (χ0v) is 8.10. The number of rotatable bonds is 2. The van der Waals surface area contributed by atoms with Crippen molar-refractivity contribution in [1.82, 2.24) is 5.32 Å². The molecule has 1 N–H and O–H groups in total. The van der Waals surface area contributed by atoms with Gasteiger partial charge in [0.1, 0.15) is 12.7 Å². The van der Waals surface area contributed by atoms with Crippen molar-refractivity contribution in [2.24, 2.45) is 0 Å². The molecule has 0 saturated carbocycles. The molecule has 1 saturated heterocycles. The fourth-order valence-electron chi connectivity index (χ4n) is 1.49. The minimum Gasteiger partial charge on any atom is -0.358 e. The zero-order chi connectivity index (χ0) is 10.7. The number of carbonyl (C=O) groups is 2. The van der Waals surface area contributed by atoms with Gasteiger partial charge < -0.3 is 4.74 Å². The third kappa shape index (κ3) is 2.41. The molecule has 1 aliphatic rings. The number of nitrogens with one attached hydrogen (secondary N) is 1. The van der Waals surface area contributed by atoms with E-state index in [0.29, 0.717) is 6.42 Å². The maximum absolute atomic E-state index is 11.4. The maximum Gasteiger partial charge on any atom is 0.256 e. The number of imide groups is 1. The first-order valence-corrected chi connectivity index (χ1v) is 4.75. The van der Waals surface area contributed by atoms with Crippen molar-refractivity contribution in [3.8, 4) is 0 Å². The van der Waals surface area contributed by atoms with Crippen LogP contribution in [-0.4, -0.2) is 24.5 Å². The number of hydrogen-bond donors (Lipinski definition) is 1. The van der Waals surface area contributed by atoms with E-state index in [2.05, 4.69) is 5.32 Å². The molecule has 1 fully saturated rings. The van der Waals surface area contributed by atoms with E-state index in [-0.39, 0.29) is 18.4 Å². The quantitative estimate of drug-likeness (QED) is 0.705. The number of carbonyl (C=O) groups excluding carboxylic acids is 2. The van der Waals surface area contributed by atoms with Gasteiger partial charge in [0.2, 0.25) is 0 Å². The molecule has 4 nitrogen and oxygen atoms in total. The van der Waals surface area contributed by atoms with E-state index in [4.69, 9.17) is 4.74 Å². The minimum absolute atomic E-state index is 0.0385. The van der Waals surface area contributed by atoms with Crippen LogP contribution in [0.4, 0.5) is 0 Å². The van der Waals surface area contributed by atoms with E-state index in [0.717, 1.165) is 5.56 Å². The third-order valence-electron chi connectivity index (χ3n) is 2.23. The minimum atomic E-state index is -0.551. The van der Waals surface area contributed by atoms with Crippen molar-refractivity contribution in [2.45, 2.75) is 12.5 Å². The summed E-state index contributed by atoms with van der Waals surface area (Å²) >= 11 is 0. The lowest BCUT2D eigenvalue weighted by Crippen LogP contribution is -2.48. The van der Waals surface area contributed by atoms with Crippen LogP contribution >= 0.6 is 0 Å². The molecule has 2 amide bonds. The van der Waals surface area contributed by atoms with Crippen molar-refractivity contribution >= 4 is 11.8 Å². The van der Waals surface area contributed by atoms with Crippen LogP contribution in [0, 0.1) is 0 Å². The lowest BCUT2D eigenvalue weighted by atomic mass is 10.1. The summed E-state index contributed by atoms with van der Waals surface area (Å²) in [6, 6.07) is 9.57. The second-order valence-corrected chi connectivity index (χ2v) is 3.40. The first-order chi connectivity index (χ1) is 7.25. The van der Waals surface area contributed by atoms with Gasteiger partial charge in [-0.15, -0.1) is 0 Å². The second kappa shape index (κ2) is 4.23. The van der Waals surface area contributed by atoms with Gasteiger partial charge >= 0.3 is 0 Å². The summed E-state index contributed by atoms with van der Waals surface area (Å²) in [6.45, 7) is -0.0385. The molecule has 1 aliphatic heterocycles. The molecular weight excluding hydrogens is 194 g/mol. The van der Waals surface area contributed by atoms with Gasteiger partial charge in [-0.3, -0.25) is 14.9 Å². The molecule has 0 aliphatic carbocycles. The van der Waals surface area contributed by atoms with E-state index >= 15 is 0 Å². The van der Waals surface area contributed by atoms with E-state index in [1.807, 2.05) is 30.3 Å². The van der Waals surface area contributed by atoms with Crippen LogP contribution in [-0.2, 0) is 20.7 Å². The molecule has 1 unspecified atom stereocenters. The molecule has 1 aromatic rings. The molecule has 0 bridgehead atoms. The van der Waals surface area contributed by atoms with E-state index in [1.165, 1.54) is 0 Å². The average Bonchev–Trinajstić information content (AvgIpc) is 2.24. The molecule has 1 heterocycles. The lowest BCUT2D eigenvalue weighted by molar-refractivity contribution is -0.149. The normalized spacial score (nSPS) is 21.2. The van der Waals surface area contributed by atoms with Crippen LogP contribution in [0.3, 0.4) is 0 Å². The predicted octanol–water partition coefficient (Wildman–Crippen LogP) is 0.271. The Kier molecular flexibility index (Phi) is 2.78. The number of morpholine rings is 1. The second-order valence-electron chi connectivity index (χ2n) is 3.40. The molecule has 2 rings (SSSR count). The first-order valence-electron chi connectivity index (χ1n) is 4.75. The van der Waals surface area contributed by atoms with E-state index in [9.17, 15) is 9.59 Å². The Hall–Kier alpha value is -1.68. The predicted molar refractivity (Wildman–Crippen MR) is 53.0 cm³/mol. The van der Waals surface area contributed by atoms with Crippen LogP contribution in [0.5, 0.6) is 0 Å². The Morgan fingerprint density at radius 3 is 2.67 bits per heavy atom. The fourth-order valence-corrected chi connectivity index (χ4v) is 1.49. The van der Waals surface area contributed by atoms with Gasteiger partial charge in [-0.05, 0) is 5.56 Å². The Labute approximate surface area is 87.2 Å². The topological polar surface area (TPSA) is 55.4 Å². The highest BCUT2D eigenvalue weighted by Gasteiger charge is 2.27. The summed E-state index contributed by atoms with van der Waals surface area (Å²) in [6.07, 6.45) is -0.0509. The van der Waals surface area contributed by atoms with Crippen LogP contribution in [0.2, 0.25) is 0 Å². The van der Waals surface area contributed by atoms with Crippen molar-refractivity contribution in [1.29, 1.82) is 0 Å². The van der Waals surface area contributed by atoms with Crippen LogP contribution in [0.1, 0.15) is 5.56 Å². The molecule has 78 valence electrons. The molecule has 0 radical (unpaired) electrons. The van der Waals surface area contributed by atoms with Gasteiger partial charge in [0.05, 0.1) is 0 Å².